The second-order valence-corrected chi connectivity index (χ2v) is 7.97. The molecular weight excluding hydrogens is 579 g/mol. The Hall–Kier alpha value is -5.01. The van der Waals surface area contributed by atoms with E-state index in [9.17, 15) is 0 Å². The van der Waals surface area contributed by atoms with E-state index in [1.54, 1.807) is 0 Å². The topological polar surface area (TPSA) is 124 Å². The Bertz CT molecular complexity index is 1340. The van der Waals surface area contributed by atoms with Crippen LogP contribution >= 0.6 is 0 Å². The molecule has 0 unspecified atom stereocenters. The van der Waals surface area contributed by atoms with E-state index in [-0.39, 0.29) is 0 Å². The summed E-state index contributed by atoms with van der Waals surface area (Å²) in [6.07, 6.45) is 0. The summed E-state index contributed by atoms with van der Waals surface area (Å²) in [5, 5.41) is 0. The molecule has 2 aromatic rings. The summed E-state index contributed by atoms with van der Waals surface area (Å²) in [5.41, 5.74) is 3.91. The molecule has 0 spiro atoms. The SMILES string of the molecule is C=Nc1c(C#C[I-]C#Cc2c(N=C)c(N=C)c(N=C)c(N=C)c2N=C)c(N=C)c(N=C)c(N=C)c1N=C. The van der Waals surface area contributed by atoms with Gasteiger partial charge in [0.25, 0.3) is 0 Å². The Morgan fingerprint density at radius 3 is 0.703 bits per heavy atom. The van der Waals surface area contributed by atoms with Crippen LogP contribution in [-0.2, 0) is 0 Å². The Labute approximate surface area is 225 Å². The van der Waals surface area contributed by atoms with Gasteiger partial charge in [0, 0.05) is 0 Å². The molecule has 0 heterocycles. The van der Waals surface area contributed by atoms with Crippen molar-refractivity contribution in [3.8, 4) is 19.7 Å². The van der Waals surface area contributed by atoms with E-state index in [1.165, 1.54) is 0 Å². The monoisotopic (exact) mass is 599 g/mol. The van der Waals surface area contributed by atoms with Gasteiger partial charge in [-0.1, -0.05) is 0 Å². The van der Waals surface area contributed by atoms with Crippen LogP contribution in [0.2, 0.25) is 0 Å². The molecular formula is C26H20IN10-. The molecule has 2 rings (SSSR count). The summed E-state index contributed by atoms with van der Waals surface area (Å²) in [7, 11) is 0. The third kappa shape index (κ3) is 5.17. The van der Waals surface area contributed by atoms with Gasteiger partial charge in [0.15, 0.2) is 0 Å². The number of hydrogen-bond donors (Lipinski definition) is 0. The zero-order valence-corrected chi connectivity index (χ0v) is 22.1. The van der Waals surface area contributed by atoms with E-state index in [1.807, 2.05) is 0 Å². The number of halogens is 1. The minimum atomic E-state index is -1.01. The maximum atomic E-state index is 4.05. The van der Waals surface area contributed by atoms with Gasteiger partial charge in [-0.3, -0.25) is 0 Å². The van der Waals surface area contributed by atoms with Gasteiger partial charge in [-0.15, -0.1) is 0 Å². The van der Waals surface area contributed by atoms with Crippen LogP contribution in [0.4, 0.5) is 56.9 Å². The molecule has 10 nitrogen and oxygen atoms in total. The van der Waals surface area contributed by atoms with Gasteiger partial charge in [-0.25, -0.2) is 0 Å². The van der Waals surface area contributed by atoms with Gasteiger partial charge in [-0.2, -0.15) is 0 Å². The van der Waals surface area contributed by atoms with Crippen molar-refractivity contribution in [1.29, 1.82) is 0 Å². The Morgan fingerprint density at radius 1 is 0.324 bits per heavy atom. The van der Waals surface area contributed by atoms with Crippen LogP contribution in [0.25, 0.3) is 0 Å². The number of aliphatic imine (C=N–C) groups is 10. The van der Waals surface area contributed by atoms with Crippen LogP contribution in [0.1, 0.15) is 11.1 Å². The second-order valence-electron chi connectivity index (χ2n) is 6.35. The average molecular weight is 599 g/mol. The first-order valence-corrected chi connectivity index (χ1v) is 11.9. The molecule has 0 N–H and O–H groups in total. The molecule has 2 aromatic carbocycles. The average Bonchev–Trinajstić information content (AvgIpc) is 2.93. The van der Waals surface area contributed by atoms with E-state index >= 15 is 0 Å². The van der Waals surface area contributed by atoms with Crippen LogP contribution in [0, 0.1) is 19.7 Å². The molecule has 0 radical (unpaired) electrons. The molecule has 0 saturated heterocycles. The van der Waals surface area contributed by atoms with Gasteiger partial charge in [0.1, 0.15) is 0 Å². The molecule has 0 atom stereocenters. The van der Waals surface area contributed by atoms with E-state index in [4.69, 9.17) is 0 Å². The number of nitrogens with zero attached hydrogens (tertiary/aromatic N) is 10. The Balaban J connectivity index is 2.73. The van der Waals surface area contributed by atoms with Crippen molar-refractivity contribution in [3.63, 3.8) is 0 Å². The molecule has 0 aliphatic heterocycles. The first kappa shape index (κ1) is 28.2. The van der Waals surface area contributed by atoms with Crippen molar-refractivity contribution < 1.29 is 21.2 Å². The zero-order valence-electron chi connectivity index (χ0n) is 19.9. The summed E-state index contributed by atoms with van der Waals surface area (Å²) in [5.74, 6) is 6.06. The Morgan fingerprint density at radius 2 is 0.514 bits per heavy atom. The minimum absolute atomic E-state index is 0.305. The first-order chi connectivity index (χ1) is 18.0. The quantitative estimate of drug-likeness (QED) is 0.226. The van der Waals surface area contributed by atoms with Gasteiger partial charge in [-0.05, 0) is 0 Å². The van der Waals surface area contributed by atoms with E-state index in [0.29, 0.717) is 68.0 Å². The molecule has 0 saturated carbocycles. The summed E-state index contributed by atoms with van der Waals surface area (Å²) in [6.45, 7) is 35.8. The van der Waals surface area contributed by atoms with Gasteiger partial charge < -0.3 is 0 Å². The normalized spacial score (nSPS) is 9.41. The molecule has 0 bridgehead atoms. The summed E-state index contributed by atoms with van der Waals surface area (Å²) >= 11 is -1.01. The number of rotatable bonds is 10. The van der Waals surface area contributed by atoms with Gasteiger partial charge in [0.2, 0.25) is 0 Å². The number of hydrogen-bond acceptors (Lipinski definition) is 10. The maximum absolute atomic E-state index is 4.05. The molecule has 0 amide bonds. The molecule has 0 fully saturated rings. The fraction of sp³-hybridized carbons (Fsp3) is 0. The van der Waals surface area contributed by atoms with Crippen LogP contribution < -0.4 is 21.2 Å². The zero-order chi connectivity index (χ0) is 27.5. The van der Waals surface area contributed by atoms with Crippen molar-refractivity contribution in [3.05, 3.63) is 11.1 Å². The predicted molar refractivity (Wildman–Crippen MR) is 159 cm³/mol. The third-order valence-corrected chi connectivity index (χ3v) is 5.84. The molecule has 37 heavy (non-hydrogen) atoms. The van der Waals surface area contributed by atoms with Crippen molar-refractivity contribution in [1.82, 2.24) is 0 Å². The summed E-state index contributed by atoms with van der Waals surface area (Å²) in [6, 6.07) is 0. The summed E-state index contributed by atoms with van der Waals surface area (Å²) in [4.78, 5) is 40.1. The molecule has 0 aromatic heterocycles. The van der Waals surface area contributed by atoms with Crippen LogP contribution in [0.3, 0.4) is 0 Å². The van der Waals surface area contributed by atoms with E-state index in [2.05, 4.69) is 137 Å². The second kappa shape index (κ2) is 13.2. The van der Waals surface area contributed by atoms with Crippen molar-refractivity contribution in [2.75, 3.05) is 0 Å². The molecule has 0 aliphatic carbocycles. The van der Waals surface area contributed by atoms with Crippen LogP contribution in [-0.4, -0.2) is 67.2 Å². The van der Waals surface area contributed by atoms with E-state index < -0.39 is 21.2 Å². The fourth-order valence-corrected chi connectivity index (χ4v) is 4.23. The first-order valence-electron chi connectivity index (χ1n) is 9.78. The molecule has 0 aliphatic rings. The van der Waals surface area contributed by atoms with Crippen molar-refractivity contribution >= 4 is 124 Å². The van der Waals surface area contributed by atoms with Crippen molar-refractivity contribution in [2.24, 2.45) is 49.9 Å². The standard InChI is InChI=1S/C26H20IN10/c1-28-17-15(18(29-2)22(33-6)25(36-9)21(17)32-5)11-13-27-14-12-16-19(30-3)23(34-7)26(37-10)24(35-8)20(16)31-4/h1-10H2/q-1. The van der Waals surface area contributed by atoms with E-state index in [0.717, 1.165) is 0 Å². The summed E-state index contributed by atoms with van der Waals surface area (Å²) < 4.78 is 6.13. The van der Waals surface area contributed by atoms with Gasteiger partial charge in [0.05, 0.1) is 0 Å². The molecule has 11 heteroatoms. The Kier molecular flexibility index (Phi) is 10.1. The third-order valence-electron chi connectivity index (χ3n) is 4.76. The van der Waals surface area contributed by atoms with Gasteiger partial charge >= 0.3 is 226 Å². The van der Waals surface area contributed by atoms with Crippen molar-refractivity contribution in [2.45, 2.75) is 0 Å². The van der Waals surface area contributed by atoms with Crippen LogP contribution in [0.5, 0.6) is 0 Å². The molecule has 182 valence electrons. The fourth-order valence-electron chi connectivity index (χ4n) is 3.29. The number of benzene rings is 2. The van der Waals surface area contributed by atoms with Crippen LogP contribution in [0.15, 0.2) is 49.9 Å². The predicted octanol–water partition coefficient (Wildman–Crippen LogP) is 3.41.